The molecule has 6 heteroatoms. The molecule has 1 saturated carbocycles. The Hall–Kier alpha value is -1.85. The van der Waals surface area contributed by atoms with Crippen molar-refractivity contribution in [1.29, 1.82) is 0 Å². The van der Waals surface area contributed by atoms with E-state index in [1.165, 1.54) is 0 Å². The van der Waals surface area contributed by atoms with Crippen molar-refractivity contribution in [1.82, 2.24) is 19.6 Å². The summed E-state index contributed by atoms with van der Waals surface area (Å²) < 4.78 is 1.83. The first-order chi connectivity index (χ1) is 12.3. The molecule has 2 heterocycles. The van der Waals surface area contributed by atoms with E-state index in [1.807, 2.05) is 41.6 Å². The van der Waals surface area contributed by atoms with Gasteiger partial charge in [0.1, 0.15) is 5.69 Å². The Morgan fingerprint density at radius 3 is 2.69 bits per heavy atom. The quantitative estimate of drug-likeness (QED) is 0.810. The first-order valence-electron chi connectivity index (χ1n) is 9.88. The lowest BCUT2D eigenvalue weighted by molar-refractivity contribution is -0.134. The molecule has 1 aromatic heterocycles. The Morgan fingerprint density at radius 2 is 2.04 bits per heavy atom. The van der Waals surface area contributed by atoms with E-state index in [0.29, 0.717) is 36.4 Å². The number of amides is 2. The Balaban J connectivity index is 1.72. The van der Waals surface area contributed by atoms with Crippen LogP contribution in [0, 0.1) is 17.8 Å². The van der Waals surface area contributed by atoms with Crippen LogP contribution >= 0.6 is 0 Å². The predicted octanol–water partition coefficient (Wildman–Crippen LogP) is 2.43. The summed E-state index contributed by atoms with van der Waals surface area (Å²) >= 11 is 0. The summed E-state index contributed by atoms with van der Waals surface area (Å²) in [5.41, 5.74) is 1.68. The van der Waals surface area contributed by atoms with Gasteiger partial charge in [0.15, 0.2) is 0 Å². The summed E-state index contributed by atoms with van der Waals surface area (Å²) in [7, 11) is 3.79. The van der Waals surface area contributed by atoms with Gasteiger partial charge in [-0.15, -0.1) is 0 Å². The van der Waals surface area contributed by atoms with Gasteiger partial charge in [-0.3, -0.25) is 14.3 Å². The zero-order valence-corrected chi connectivity index (χ0v) is 16.7. The summed E-state index contributed by atoms with van der Waals surface area (Å²) in [6, 6.07) is 2.17. The van der Waals surface area contributed by atoms with E-state index in [-0.39, 0.29) is 17.9 Å². The van der Waals surface area contributed by atoms with Crippen LogP contribution in [0.15, 0.2) is 6.07 Å². The minimum atomic E-state index is 0.0534. The third-order valence-corrected chi connectivity index (χ3v) is 6.02. The van der Waals surface area contributed by atoms with Gasteiger partial charge in [-0.25, -0.2) is 0 Å². The summed E-state index contributed by atoms with van der Waals surface area (Å²) in [5.74, 6) is 1.75. The van der Waals surface area contributed by atoms with E-state index >= 15 is 0 Å². The maximum atomic E-state index is 13.1. The molecule has 0 N–H and O–H groups in total. The number of aryl methyl sites for hydroxylation is 1. The van der Waals surface area contributed by atoms with Crippen LogP contribution in [0.25, 0.3) is 0 Å². The Labute approximate surface area is 156 Å². The molecule has 0 spiro atoms. The lowest BCUT2D eigenvalue weighted by Gasteiger charge is -2.31. The van der Waals surface area contributed by atoms with E-state index in [4.69, 9.17) is 0 Å². The van der Waals surface area contributed by atoms with Gasteiger partial charge in [-0.05, 0) is 50.0 Å². The van der Waals surface area contributed by atoms with Crippen molar-refractivity contribution in [3.63, 3.8) is 0 Å². The smallest absolute Gasteiger partial charge is 0.272 e. The standard InChI is InChI=1S/C20H32N4O2/c1-6-24-18(11-16(21-24)7-13(2)3)20(26)23(5)17-8-14-10-19(25)22(4)12-15(14)9-17/h11,13-15,17H,6-10,12H2,1-5H3/t14-,15+,17-/m1/s1. The molecule has 3 atom stereocenters. The van der Waals surface area contributed by atoms with Crippen molar-refractivity contribution < 1.29 is 9.59 Å². The molecule has 1 aromatic rings. The minimum absolute atomic E-state index is 0.0534. The lowest BCUT2D eigenvalue weighted by atomic mass is 9.88. The highest BCUT2D eigenvalue weighted by Gasteiger charge is 2.42. The van der Waals surface area contributed by atoms with E-state index < -0.39 is 0 Å². The average Bonchev–Trinajstić information content (AvgIpc) is 3.17. The molecule has 26 heavy (non-hydrogen) atoms. The molecule has 3 rings (SSSR count). The van der Waals surface area contributed by atoms with Crippen LogP contribution in [0.3, 0.4) is 0 Å². The Morgan fingerprint density at radius 1 is 1.35 bits per heavy atom. The monoisotopic (exact) mass is 360 g/mol. The van der Waals surface area contributed by atoms with Gasteiger partial charge in [0.05, 0.1) is 5.69 Å². The minimum Gasteiger partial charge on any atom is -0.345 e. The number of hydrogen-bond acceptors (Lipinski definition) is 3. The average molecular weight is 361 g/mol. The highest BCUT2D eigenvalue weighted by Crippen LogP contribution is 2.40. The SMILES string of the molecule is CCn1nc(CC(C)C)cc1C(=O)N(C)[C@@H]1C[C@@H]2CC(=O)N(C)C[C@@H]2C1. The molecule has 1 aliphatic heterocycles. The second-order valence-electron chi connectivity index (χ2n) is 8.47. The molecule has 1 saturated heterocycles. The number of carbonyl (C=O) groups is 2. The number of fused-ring (bicyclic) bond motifs is 1. The zero-order chi connectivity index (χ0) is 19.0. The summed E-state index contributed by atoms with van der Waals surface area (Å²) in [4.78, 5) is 28.8. The highest BCUT2D eigenvalue weighted by molar-refractivity contribution is 5.92. The summed E-state index contributed by atoms with van der Waals surface area (Å²) in [6.45, 7) is 7.87. The maximum absolute atomic E-state index is 13.1. The number of nitrogens with zero attached hydrogens (tertiary/aromatic N) is 4. The number of piperidine rings is 1. The molecule has 1 aliphatic carbocycles. The number of rotatable bonds is 5. The van der Waals surface area contributed by atoms with E-state index in [1.54, 1.807) is 0 Å². The fourth-order valence-electron chi connectivity index (χ4n) is 4.55. The van der Waals surface area contributed by atoms with Crippen molar-refractivity contribution in [3.8, 4) is 0 Å². The van der Waals surface area contributed by atoms with E-state index in [9.17, 15) is 9.59 Å². The first kappa shape index (κ1) is 18.9. The lowest BCUT2D eigenvalue weighted by Crippen LogP contribution is -2.40. The largest absolute Gasteiger partial charge is 0.345 e. The van der Waals surface area contributed by atoms with E-state index in [0.717, 1.165) is 31.5 Å². The molecule has 144 valence electrons. The molecular formula is C20H32N4O2. The second-order valence-corrected chi connectivity index (χ2v) is 8.47. The zero-order valence-electron chi connectivity index (χ0n) is 16.7. The van der Waals surface area contributed by atoms with Crippen LogP contribution in [-0.2, 0) is 17.8 Å². The van der Waals surface area contributed by atoms with Crippen LogP contribution in [0.2, 0.25) is 0 Å². The predicted molar refractivity (Wildman–Crippen MR) is 101 cm³/mol. The first-order valence-corrected chi connectivity index (χ1v) is 9.88. The van der Waals surface area contributed by atoms with Gasteiger partial charge < -0.3 is 9.80 Å². The number of aromatic nitrogens is 2. The molecule has 2 amide bonds. The molecule has 0 bridgehead atoms. The van der Waals surface area contributed by atoms with Gasteiger partial charge >= 0.3 is 0 Å². The third-order valence-electron chi connectivity index (χ3n) is 6.02. The van der Waals surface area contributed by atoms with Crippen LogP contribution in [0.1, 0.15) is 56.2 Å². The van der Waals surface area contributed by atoms with Crippen LogP contribution in [0.4, 0.5) is 0 Å². The van der Waals surface area contributed by atoms with Crippen molar-refractivity contribution in [2.24, 2.45) is 17.8 Å². The van der Waals surface area contributed by atoms with Gasteiger partial charge in [0.25, 0.3) is 5.91 Å². The van der Waals surface area contributed by atoms with Crippen molar-refractivity contribution in [2.75, 3.05) is 20.6 Å². The normalized spacial score (nSPS) is 25.7. The summed E-state index contributed by atoms with van der Waals surface area (Å²) in [6.07, 6.45) is 3.44. The third kappa shape index (κ3) is 3.64. The Kier molecular flexibility index (Phi) is 5.39. The number of carbonyl (C=O) groups excluding carboxylic acids is 2. The van der Waals surface area contributed by atoms with Crippen LogP contribution in [-0.4, -0.2) is 58.1 Å². The Bertz CT molecular complexity index is 681. The number of likely N-dealkylation sites (tertiary alicyclic amines) is 1. The highest BCUT2D eigenvalue weighted by atomic mass is 16.2. The molecule has 2 aliphatic rings. The fourth-order valence-corrected chi connectivity index (χ4v) is 4.55. The van der Waals surface area contributed by atoms with Gasteiger partial charge in [-0.1, -0.05) is 13.8 Å². The molecular weight excluding hydrogens is 328 g/mol. The van der Waals surface area contributed by atoms with Gasteiger partial charge in [-0.2, -0.15) is 5.10 Å². The maximum Gasteiger partial charge on any atom is 0.272 e. The van der Waals surface area contributed by atoms with Gasteiger partial charge in [0, 0.05) is 39.6 Å². The van der Waals surface area contributed by atoms with Crippen molar-refractivity contribution >= 4 is 11.8 Å². The topological polar surface area (TPSA) is 58.4 Å². The molecule has 2 fully saturated rings. The van der Waals surface area contributed by atoms with Crippen molar-refractivity contribution in [3.05, 3.63) is 17.5 Å². The molecule has 0 aromatic carbocycles. The summed E-state index contributed by atoms with van der Waals surface area (Å²) in [5, 5.41) is 4.61. The molecule has 0 radical (unpaired) electrons. The molecule has 0 unspecified atom stereocenters. The van der Waals surface area contributed by atoms with Crippen LogP contribution < -0.4 is 0 Å². The van der Waals surface area contributed by atoms with E-state index in [2.05, 4.69) is 18.9 Å². The second kappa shape index (κ2) is 7.41. The van der Waals surface area contributed by atoms with Crippen molar-refractivity contribution in [2.45, 2.75) is 59.0 Å². The molecule has 6 nitrogen and oxygen atoms in total. The fraction of sp³-hybridized carbons (Fsp3) is 0.750. The van der Waals surface area contributed by atoms with Gasteiger partial charge in [0.2, 0.25) is 5.91 Å². The van der Waals surface area contributed by atoms with Crippen LogP contribution in [0.5, 0.6) is 0 Å². The number of hydrogen-bond donors (Lipinski definition) is 0.